The summed E-state index contributed by atoms with van der Waals surface area (Å²) in [4.78, 5) is 14.5. The van der Waals surface area contributed by atoms with Crippen molar-refractivity contribution in [3.63, 3.8) is 0 Å². The number of hydrogen-bond acceptors (Lipinski definition) is 4. The number of aromatic nitrogens is 3. The molecular formula is C20H22FN5O. The Bertz CT molecular complexity index is 945. The van der Waals surface area contributed by atoms with Crippen molar-refractivity contribution in [3.8, 4) is 0 Å². The van der Waals surface area contributed by atoms with Crippen LogP contribution in [0.5, 0.6) is 0 Å². The third-order valence-corrected chi connectivity index (χ3v) is 5.03. The number of hydrogen-bond donors (Lipinski definition) is 1. The highest BCUT2D eigenvalue weighted by Gasteiger charge is 2.24. The molecule has 0 atom stereocenters. The van der Waals surface area contributed by atoms with Crippen molar-refractivity contribution in [3.05, 3.63) is 59.5 Å². The second-order valence-corrected chi connectivity index (χ2v) is 6.99. The Labute approximate surface area is 157 Å². The molecule has 1 fully saturated rings. The molecule has 0 aliphatic carbocycles. The van der Waals surface area contributed by atoms with Crippen LogP contribution in [0, 0.1) is 12.7 Å². The Morgan fingerprint density at radius 2 is 1.89 bits per heavy atom. The van der Waals surface area contributed by atoms with Gasteiger partial charge in [-0.15, -0.1) is 10.2 Å². The second-order valence-electron chi connectivity index (χ2n) is 6.99. The Morgan fingerprint density at radius 3 is 2.63 bits per heavy atom. The quantitative estimate of drug-likeness (QED) is 0.770. The standard InChI is InChI=1S/C20H22FN5O/c1-14-3-2-4-18-23-24-20(26(14)18)25-11-9-17(10-12-25)22-19(27)13-15-5-7-16(21)8-6-15/h2-8,17H,9-13H2,1H3,(H,22,27). The van der Waals surface area contributed by atoms with E-state index in [-0.39, 0.29) is 24.2 Å². The number of amides is 1. The van der Waals surface area contributed by atoms with Crippen LogP contribution in [-0.2, 0) is 11.2 Å². The van der Waals surface area contributed by atoms with Crippen molar-refractivity contribution < 1.29 is 9.18 Å². The topological polar surface area (TPSA) is 62.5 Å². The van der Waals surface area contributed by atoms with E-state index in [1.54, 1.807) is 12.1 Å². The monoisotopic (exact) mass is 367 g/mol. The summed E-state index contributed by atoms with van der Waals surface area (Å²) in [6.07, 6.45) is 1.99. The Hall–Kier alpha value is -2.96. The normalized spacial score (nSPS) is 15.3. The van der Waals surface area contributed by atoms with Gasteiger partial charge in [-0.3, -0.25) is 9.20 Å². The van der Waals surface area contributed by atoms with Gasteiger partial charge in [-0.05, 0) is 49.6 Å². The highest BCUT2D eigenvalue weighted by atomic mass is 19.1. The van der Waals surface area contributed by atoms with E-state index in [4.69, 9.17) is 0 Å². The summed E-state index contributed by atoms with van der Waals surface area (Å²) in [5.41, 5.74) is 2.76. The highest BCUT2D eigenvalue weighted by molar-refractivity contribution is 5.78. The van der Waals surface area contributed by atoms with Crippen LogP contribution in [0.2, 0.25) is 0 Å². The number of pyridine rings is 1. The third-order valence-electron chi connectivity index (χ3n) is 5.03. The molecule has 27 heavy (non-hydrogen) atoms. The average Bonchev–Trinajstić information content (AvgIpc) is 3.10. The summed E-state index contributed by atoms with van der Waals surface area (Å²) in [6, 6.07) is 12.2. The first kappa shape index (κ1) is 17.5. The summed E-state index contributed by atoms with van der Waals surface area (Å²) < 4.78 is 15.0. The van der Waals surface area contributed by atoms with Gasteiger partial charge in [0.05, 0.1) is 6.42 Å². The molecule has 1 aliphatic heterocycles. The predicted molar refractivity (Wildman–Crippen MR) is 101 cm³/mol. The van der Waals surface area contributed by atoms with Crippen LogP contribution in [-0.4, -0.2) is 39.6 Å². The fourth-order valence-electron chi connectivity index (χ4n) is 3.58. The minimum Gasteiger partial charge on any atom is -0.353 e. The fourth-order valence-corrected chi connectivity index (χ4v) is 3.58. The lowest BCUT2D eigenvalue weighted by atomic mass is 10.0. The molecule has 1 aliphatic rings. The lowest BCUT2D eigenvalue weighted by Crippen LogP contribution is -2.45. The zero-order valence-electron chi connectivity index (χ0n) is 15.2. The maximum Gasteiger partial charge on any atom is 0.231 e. The van der Waals surface area contributed by atoms with Gasteiger partial charge in [-0.1, -0.05) is 18.2 Å². The van der Waals surface area contributed by atoms with Crippen LogP contribution in [0.25, 0.3) is 5.65 Å². The Kier molecular flexibility index (Phi) is 4.75. The van der Waals surface area contributed by atoms with Crippen molar-refractivity contribution in [2.75, 3.05) is 18.0 Å². The molecule has 0 spiro atoms. The molecule has 7 heteroatoms. The molecule has 140 valence electrons. The van der Waals surface area contributed by atoms with Gasteiger partial charge in [0.25, 0.3) is 0 Å². The number of halogens is 1. The second kappa shape index (κ2) is 7.34. The van der Waals surface area contributed by atoms with Crippen molar-refractivity contribution in [1.82, 2.24) is 19.9 Å². The van der Waals surface area contributed by atoms with Crippen LogP contribution in [0.15, 0.2) is 42.5 Å². The van der Waals surface area contributed by atoms with Gasteiger partial charge in [0.15, 0.2) is 5.65 Å². The zero-order valence-corrected chi connectivity index (χ0v) is 15.2. The van der Waals surface area contributed by atoms with Crippen molar-refractivity contribution in [1.29, 1.82) is 0 Å². The van der Waals surface area contributed by atoms with Gasteiger partial charge in [-0.2, -0.15) is 0 Å². The smallest absolute Gasteiger partial charge is 0.231 e. The highest BCUT2D eigenvalue weighted by Crippen LogP contribution is 2.20. The van der Waals surface area contributed by atoms with Crippen molar-refractivity contribution >= 4 is 17.5 Å². The van der Waals surface area contributed by atoms with Gasteiger partial charge >= 0.3 is 0 Å². The van der Waals surface area contributed by atoms with E-state index in [9.17, 15) is 9.18 Å². The molecule has 2 aromatic heterocycles. The summed E-state index contributed by atoms with van der Waals surface area (Å²) in [5.74, 6) is 0.547. The largest absolute Gasteiger partial charge is 0.353 e. The molecule has 0 unspecified atom stereocenters. The lowest BCUT2D eigenvalue weighted by molar-refractivity contribution is -0.121. The maximum absolute atomic E-state index is 13.0. The van der Waals surface area contributed by atoms with Crippen molar-refractivity contribution in [2.45, 2.75) is 32.2 Å². The van der Waals surface area contributed by atoms with E-state index >= 15 is 0 Å². The molecule has 0 saturated carbocycles. The van der Waals surface area contributed by atoms with Gasteiger partial charge in [0.1, 0.15) is 5.82 Å². The number of aryl methyl sites for hydroxylation is 1. The molecule has 6 nitrogen and oxygen atoms in total. The molecule has 3 heterocycles. The zero-order chi connectivity index (χ0) is 18.8. The SMILES string of the molecule is Cc1cccc2nnc(N3CCC(NC(=O)Cc4ccc(F)cc4)CC3)n12. The van der Waals surface area contributed by atoms with E-state index in [1.807, 2.05) is 25.1 Å². The van der Waals surface area contributed by atoms with Gasteiger partial charge in [0, 0.05) is 24.8 Å². The molecule has 1 amide bonds. The van der Waals surface area contributed by atoms with E-state index in [0.717, 1.165) is 48.8 Å². The van der Waals surface area contributed by atoms with Crippen molar-refractivity contribution in [2.24, 2.45) is 0 Å². The van der Waals surface area contributed by atoms with Gasteiger partial charge in [-0.25, -0.2) is 4.39 Å². The Morgan fingerprint density at radius 1 is 1.15 bits per heavy atom. The lowest BCUT2D eigenvalue weighted by Gasteiger charge is -2.32. The van der Waals surface area contributed by atoms with Gasteiger partial charge < -0.3 is 10.2 Å². The third kappa shape index (κ3) is 3.77. The molecule has 3 aromatic rings. The predicted octanol–water partition coefficient (Wildman–Crippen LogP) is 2.50. The van der Waals surface area contributed by atoms with E-state index in [0.29, 0.717) is 0 Å². The van der Waals surface area contributed by atoms with E-state index in [1.165, 1.54) is 12.1 Å². The molecule has 0 radical (unpaired) electrons. The number of nitrogens with zero attached hydrogens (tertiary/aromatic N) is 4. The average molecular weight is 367 g/mol. The number of rotatable bonds is 4. The summed E-state index contributed by atoms with van der Waals surface area (Å²) >= 11 is 0. The number of benzene rings is 1. The van der Waals surface area contributed by atoms with Crippen LogP contribution in [0.1, 0.15) is 24.1 Å². The van der Waals surface area contributed by atoms with Crippen LogP contribution >= 0.6 is 0 Å². The van der Waals surface area contributed by atoms with Crippen LogP contribution in [0.4, 0.5) is 10.3 Å². The number of piperidine rings is 1. The molecular weight excluding hydrogens is 345 g/mol. The summed E-state index contributed by atoms with van der Waals surface area (Å²) in [6.45, 7) is 3.68. The maximum atomic E-state index is 13.0. The number of carbonyl (C=O) groups excluding carboxylic acids is 1. The fraction of sp³-hybridized carbons (Fsp3) is 0.350. The number of anilines is 1. The summed E-state index contributed by atoms with van der Waals surface area (Å²) in [7, 11) is 0. The number of nitrogens with one attached hydrogen (secondary N) is 1. The van der Waals surface area contributed by atoms with E-state index in [2.05, 4.69) is 24.8 Å². The first-order chi connectivity index (χ1) is 13.1. The Balaban J connectivity index is 1.34. The molecule has 1 aromatic carbocycles. The number of carbonyl (C=O) groups is 1. The van der Waals surface area contributed by atoms with Crippen LogP contribution < -0.4 is 10.2 Å². The first-order valence-corrected chi connectivity index (χ1v) is 9.19. The van der Waals surface area contributed by atoms with Gasteiger partial charge in [0.2, 0.25) is 11.9 Å². The van der Waals surface area contributed by atoms with Crippen LogP contribution in [0.3, 0.4) is 0 Å². The number of fused-ring (bicyclic) bond motifs is 1. The molecule has 0 bridgehead atoms. The molecule has 1 N–H and O–H groups in total. The summed E-state index contributed by atoms with van der Waals surface area (Å²) in [5, 5.41) is 11.7. The molecule has 4 rings (SSSR count). The first-order valence-electron chi connectivity index (χ1n) is 9.19. The molecule has 1 saturated heterocycles. The minimum absolute atomic E-state index is 0.0242. The van der Waals surface area contributed by atoms with E-state index < -0.39 is 0 Å². The minimum atomic E-state index is -0.289.